The zero-order valence-corrected chi connectivity index (χ0v) is 18.4. The summed E-state index contributed by atoms with van der Waals surface area (Å²) in [6, 6.07) is 11.1. The van der Waals surface area contributed by atoms with Gasteiger partial charge in [-0.05, 0) is 51.5 Å². The molecule has 1 heterocycles. The number of carbonyl (C=O) groups excluding carboxylic acids is 2. The largest absolute Gasteiger partial charge is 0.496 e. The van der Waals surface area contributed by atoms with Crippen LogP contribution in [0.1, 0.15) is 49.2 Å². The van der Waals surface area contributed by atoms with Crippen molar-refractivity contribution in [2.45, 2.75) is 33.3 Å². The van der Waals surface area contributed by atoms with E-state index in [9.17, 15) is 9.59 Å². The summed E-state index contributed by atoms with van der Waals surface area (Å²) in [5, 5.41) is 0. The van der Waals surface area contributed by atoms with Crippen LogP contribution >= 0.6 is 0 Å². The zero-order chi connectivity index (χ0) is 22.6. The monoisotopic (exact) mass is 418 g/mol. The Labute approximate surface area is 182 Å². The minimum absolute atomic E-state index is 0.120. The summed E-state index contributed by atoms with van der Waals surface area (Å²) in [6.45, 7) is 7.23. The molecule has 160 valence electrons. The number of hydrogen-bond acceptors (Lipinski definition) is 5. The number of methoxy groups -OCH3 is 1. The van der Waals surface area contributed by atoms with Crippen LogP contribution in [-0.4, -0.2) is 24.5 Å². The van der Waals surface area contributed by atoms with Gasteiger partial charge in [0.1, 0.15) is 22.7 Å². The van der Waals surface area contributed by atoms with E-state index in [2.05, 4.69) is 0 Å². The van der Waals surface area contributed by atoms with Gasteiger partial charge in [-0.25, -0.2) is 4.79 Å². The lowest BCUT2D eigenvalue weighted by atomic mass is 9.96. The fourth-order valence-corrected chi connectivity index (χ4v) is 3.08. The standard InChI is InChI=1S/C26H26O5/c1-6-17(2)25(28)30-24-19-14-15-26(3,4)31-21(19)16-22(29-5)23(24)20(27)13-12-18-10-8-7-9-11-18/h6-16H,1-5H3/b13-12+,17-6+. The second kappa shape index (κ2) is 9.04. The van der Waals surface area contributed by atoms with Crippen LogP contribution in [0.3, 0.4) is 0 Å². The predicted molar refractivity (Wildman–Crippen MR) is 122 cm³/mol. The second-order valence-electron chi connectivity index (χ2n) is 7.70. The number of allylic oxidation sites excluding steroid dienone is 2. The van der Waals surface area contributed by atoms with Gasteiger partial charge in [0.05, 0.1) is 12.7 Å². The second-order valence-corrected chi connectivity index (χ2v) is 7.70. The molecular weight excluding hydrogens is 392 g/mol. The van der Waals surface area contributed by atoms with Gasteiger partial charge < -0.3 is 14.2 Å². The van der Waals surface area contributed by atoms with E-state index in [1.54, 1.807) is 32.1 Å². The smallest absolute Gasteiger partial charge is 0.338 e. The Balaban J connectivity index is 2.15. The van der Waals surface area contributed by atoms with Crippen LogP contribution in [0.25, 0.3) is 12.2 Å². The molecule has 0 unspecified atom stereocenters. The first-order valence-electron chi connectivity index (χ1n) is 10.0. The maximum atomic E-state index is 13.2. The number of carbonyl (C=O) groups is 2. The first-order valence-corrected chi connectivity index (χ1v) is 10.0. The quantitative estimate of drug-likeness (QED) is 0.263. The van der Waals surface area contributed by atoms with Gasteiger partial charge in [-0.15, -0.1) is 0 Å². The van der Waals surface area contributed by atoms with Crippen molar-refractivity contribution in [3.05, 3.63) is 76.9 Å². The van der Waals surface area contributed by atoms with Crippen molar-refractivity contribution in [3.63, 3.8) is 0 Å². The SMILES string of the molecule is C/C=C(\C)C(=O)Oc1c2c(cc(OC)c1C(=O)/C=C/c1ccccc1)OC(C)(C)C=C2. The fraction of sp³-hybridized carbons (Fsp3) is 0.231. The van der Waals surface area contributed by atoms with Gasteiger partial charge in [0.15, 0.2) is 11.5 Å². The Bertz CT molecular complexity index is 1090. The highest BCUT2D eigenvalue weighted by molar-refractivity contribution is 6.12. The summed E-state index contributed by atoms with van der Waals surface area (Å²) in [4.78, 5) is 25.8. The van der Waals surface area contributed by atoms with Gasteiger partial charge in [-0.1, -0.05) is 42.5 Å². The minimum atomic E-state index is -0.544. The molecule has 3 rings (SSSR count). The fourth-order valence-electron chi connectivity index (χ4n) is 3.08. The van der Waals surface area contributed by atoms with E-state index in [-0.39, 0.29) is 22.8 Å². The molecule has 0 atom stereocenters. The highest BCUT2D eigenvalue weighted by Gasteiger charge is 2.30. The Morgan fingerprint density at radius 3 is 2.48 bits per heavy atom. The average molecular weight is 418 g/mol. The first-order chi connectivity index (χ1) is 14.8. The molecule has 5 nitrogen and oxygen atoms in total. The molecule has 0 saturated heterocycles. The number of ketones is 1. The molecular formula is C26H26O5. The Hall–Kier alpha value is -3.60. The number of ether oxygens (including phenoxy) is 3. The number of esters is 1. The summed E-state index contributed by atoms with van der Waals surface area (Å²) >= 11 is 0. The topological polar surface area (TPSA) is 61.8 Å². The molecule has 31 heavy (non-hydrogen) atoms. The van der Waals surface area contributed by atoms with Gasteiger partial charge in [0, 0.05) is 11.6 Å². The van der Waals surface area contributed by atoms with E-state index in [0.29, 0.717) is 16.9 Å². The van der Waals surface area contributed by atoms with Crippen LogP contribution < -0.4 is 14.2 Å². The Morgan fingerprint density at radius 1 is 1.13 bits per heavy atom. The zero-order valence-electron chi connectivity index (χ0n) is 18.4. The third-order valence-corrected chi connectivity index (χ3v) is 4.91. The van der Waals surface area contributed by atoms with E-state index in [0.717, 1.165) is 5.56 Å². The van der Waals surface area contributed by atoms with Gasteiger partial charge in [-0.2, -0.15) is 0 Å². The molecule has 0 fully saturated rings. The minimum Gasteiger partial charge on any atom is -0.496 e. The number of rotatable bonds is 6. The van der Waals surface area contributed by atoms with Crippen LogP contribution in [0.5, 0.6) is 17.2 Å². The van der Waals surface area contributed by atoms with Crippen LogP contribution in [0.4, 0.5) is 0 Å². The van der Waals surface area contributed by atoms with Crippen LogP contribution in [-0.2, 0) is 4.79 Å². The summed E-state index contributed by atoms with van der Waals surface area (Å²) < 4.78 is 17.2. The van der Waals surface area contributed by atoms with Gasteiger partial charge >= 0.3 is 5.97 Å². The Morgan fingerprint density at radius 2 is 1.84 bits per heavy atom. The number of fused-ring (bicyclic) bond motifs is 1. The summed E-state index contributed by atoms with van der Waals surface area (Å²) in [7, 11) is 1.46. The molecule has 0 aromatic heterocycles. The maximum absolute atomic E-state index is 13.2. The van der Waals surface area contributed by atoms with Gasteiger partial charge in [-0.3, -0.25) is 4.79 Å². The molecule has 0 saturated carbocycles. The molecule has 0 bridgehead atoms. The molecule has 1 aliphatic heterocycles. The molecule has 0 aliphatic carbocycles. The average Bonchev–Trinajstić information content (AvgIpc) is 2.76. The van der Waals surface area contributed by atoms with E-state index in [4.69, 9.17) is 14.2 Å². The van der Waals surface area contributed by atoms with Crippen molar-refractivity contribution in [1.82, 2.24) is 0 Å². The predicted octanol–water partition coefficient (Wildman–Crippen LogP) is 5.65. The summed E-state index contributed by atoms with van der Waals surface area (Å²) in [6.07, 6.45) is 8.47. The molecule has 1 aliphatic rings. The van der Waals surface area contributed by atoms with Crippen molar-refractivity contribution < 1.29 is 23.8 Å². The van der Waals surface area contributed by atoms with Gasteiger partial charge in [0.2, 0.25) is 0 Å². The normalized spacial score (nSPS) is 14.7. The van der Waals surface area contributed by atoms with Crippen LogP contribution in [0.2, 0.25) is 0 Å². The highest BCUT2D eigenvalue weighted by Crippen LogP contribution is 2.44. The van der Waals surface area contributed by atoms with E-state index < -0.39 is 11.6 Å². The number of hydrogen-bond donors (Lipinski definition) is 0. The van der Waals surface area contributed by atoms with Crippen molar-refractivity contribution in [2.24, 2.45) is 0 Å². The highest BCUT2D eigenvalue weighted by atomic mass is 16.5. The van der Waals surface area contributed by atoms with E-state index >= 15 is 0 Å². The molecule has 0 amide bonds. The maximum Gasteiger partial charge on any atom is 0.338 e. The molecule has 2 aromatic rings. The number of benzene rings is 2. The lowest BCUT2D eigenvalue weighted by molar-refractivity contribution is -0.130. The van der Waals surface area contributed by atoms with Gasteiger partial charge in [0.25, 0.3) is 0 Å². The molecule has 0 radical (unpaired) electrons. The van der Waals surface area contributed by atoms with E-state index in [1.165, 1.54) is 13.2 Å². The van der Waals surface area contributed by atoms with E-state index in [1.807, 2.05) is 56.3 Å². The summed E-state index contributed by atoms with van der Waals surface area (Å²) in [5.74, 6) is -0.0164. The van der Waals surface area contributed by atoms with Crippen LogP contribution in [0.15, 0.2) is 60.2 Å². The third-order valence-electron chi connectivity index (χ3n) is 4.91. The molecule has 0 spiro atoms. The molecule has 5 heteroatoms. The van der Waals surface area contributed by atoms with Crippen molar-refractivity contribution >= 4 is 23.9 Å². The lowest BCUT2D eigenvalue weighted by Crippen LogP contribution is -2.28. The van der Waals surface area contributed by atoms with Crippen molar-refractivity contribution in [3.8, 4) is 17.2 Å². The third kappa shape index (κ3) is 4.94. The molecule has 2 aromatic carbocycles. The van der Waals surface area contributed by atoms with Crippen molar-refractivity contribution in [1.29, 1.82) is 0 Å². The summed E-state index contributed by atoms with van der Waals surface area (Å²) in [5.41, 5.74) is 1.45. The Kier molecular flexibility index (Phi) is 6.44. The molecule has 0 N–H and O–H groups in total. The van der Waals surface area contributed by atoms with Crippen LogP contribution in [0, 0.1) is 0 Å². The van der Waals surface area contributed by atoms with Crippen molar-refractivity contribution in [2.75, 3.05) is 7.11 Å². The lowest BCUT2D eigenvalue weighted by Gasteiger charge is -2.29. The first kappa shape index (κ1) is 22.1.